The van der Waals surface area contributed by atoms with Gasteiger partial charge >= 0.3 is 18.2 Å². The van der Waals surface area contributed by atoms with Crippen molar-refractivity contribution in [1.82, 2.24) is 16.0 Å². The van der Waals surface area contributed by atoms with Gasteiger partial charge in [0.25, 0.3) is 0 Å². The number of nitrogens with one attached hydrogen (secondary N) is 3. The fraction of sp³-hybridized carbons (Fsp3) is 0.258. The third kappa shape index (κ3) is 9.47. The van der Waals surface area contributed by atoms with Crippen molar-refractivity contribution < 1.29 is 33.4 Å². The molecule has 3 aromatic rings. The van der Waals surface area contributed by atoms with E-state index in [9.17, 15) is 19.2 Å². The van der Waals surface area contributed by atoms with Crippen molar-refractivity contribution in [2.75, 3.05) is 6.54 Å². The fourth-order valence-electron chi connectivity index (χ4n) is 4.08. The Morgan fingerprint density at radius 3 is 1.60 bits per heavy atom. The van der Waals surface area contributed by atoms with Gasteiger partial charge in [-0.1, -0.05) is 91.0 Å². The van der Waals surface area contributed by atoms with E-state index in [1.54, 1.807) is 0 Å². The molecule has 11 heteroatoms. The zero-order chi connectivity index (χ0) is 29.6. The van der Waals surface area contributed by atoms with Gasteiger partial charge in [0.2, 0.25) is 11.9 Å². The average molecular weight is 573 g/mol. The number of hydrogen-bond donors (Lipinski definition) is 3. The van der Waals surface area contributed by atoms with Gasteiger partial charge in [-0.15, -0.1) is 0 Å². The highest BCUT2D eigenvalue weighted by Crippen LogP contribution is 2.22. The molecule has 42 heavy (non-hydrogen) atoms. The van der Waals surface area contributed by atoms with Crippen LogP contribution >= 0.6 is 0 Å². The first-order valence-corrected chi connectivity index (χ1v) is 13.5. The lowest BCUT2D eigenvalue weighted by Gasteiger charge is -2.34. The van der Waals surface area contributed by atoms with E-state index in [0.29, 0.717) is 12.8 Å². The van der Waals surface area contributed by atoms with Crippen LogP contribution in [0.5, 0.6) is 0 Å². The van der Waals surface area contributed by atoms with E-state index in [1.807, 2.05) is 91.0 Å². The van der Waals surface area contributed by atoms with Crippen LogP contribution in [0.3, 0.4) is 0 Å². The topological polar surface area (TPSA) is 144 Å². The number of ether oxygens (including phenoxy) is 3. The number of amides is 3. The van der Waals surface area contributed by atoms with E-state index in [2.05, 4.69) is 20.9 Å². The minimum absolute atomic E-state index is 0.0248. The molecule has 218 valence electrons. The summed E-state index contributed by atoms with van der Waals surface area (Å²) < 4.78 is 15.8. The molecule has 0 aliphatic carbocycles. The monoisotopic (exact) mass is 572 g/mol. The number of guanidine groups is 1. The number of carbonyl (C=O) groups excluding carboxylic acids is 4. The normalized spacial score (nSPS) is 15.3. The molecular weight excluding hydrogens is 540 g/mol. The fourth-order valence-corrected chi connectivity index (χ4v) is 4.08. The molecule has 1 aliphatic rings. The number of rotatable bonds is 11. The molecule has 0 aromatic heterocycles. The van der Waals surface area contributed by atoms with Gasteiger partial charge in [0, 0.05) is 6.54 Å². The number of esters is 1. The first-order chi connectivity index (χ1) is 20.5. The second-order valence-electron chi connectivity index (χ2n) is 9.43. The van der Waals surface area contributed by atoms with Crippen molar-refractivity contribution in [3.05, 3.63) is 108 Å². The molecule has 1 saturated heterocycles. The van der Waals surface area contributed by atoms with Crippen LogP contribution in [0.25, 0.3) is 0 Å². The second kappa shape index (κ2) is 15.6. The molecule has 1 aliphatic heterocycles. The van der Waals surface area contributed by atoms with Crippen molar-refractivity contribution in [3.8, 4) is 0 Å². The van der Waals surface area contributed by atoms with Gasteiger partial charge in [0.05, 0.1) is 5.92 Å². The lowest BCUT2D eigenvalue weighted by atomic mass is 9.86. The number of aliphatic imine (C=N–C) groups is 1. The molecular formula is C31H32N4O7. The number of nitrogens with zero attached hydrogens (tertiary/aromatic N) is 1. The summed E-state index contributed by atoms with van der Waals surface area (Å²) in [5.41, 5.74) is 2.42. The van der Waals surface area contributed by atoms with Gasteiger partial charge in [0.1, 0.15) is 25.9 Å². The number of carbonyl (C=O) groups is 4. The number of alkyl carbamates (subject to hydrolysis) is 2. The lowest BCUT2D eigenvalue weighted by molar-refractivity contribution is -0.159. The highest BCUT2D eigenvalue weighted by molar-refractivity contribution is 6.01. The Bertz CT molecular complexity index is 1310. The van der Waals surface area contributed by atoms with E-state index < -0.39 is 30.1 Å². The summed E-state index contributed by atoms with van der Waals surface area (Å²) in [4.78, 5) is 53.7. The van der Waals surface area contributed by atoms with Gasteiger partial charge in [-0.2, -0.15) is 0 Å². The van der Waals surface area contributed by atoms with Crippen molar-refractivity contribution >= 4 is 30.0 Å². The summed E-state index contributed by atoms with van der Waals surface area (Å²) in [5, 5.41) is 7.44. The van der Waals surface area contributed by atoms with Gasteiger partial charge in [0.15, 0.2) is 0 Å². The molecule has 3 amide bonds. The molecule has 1 heterocycles. The lowest BCUT2D eigenvalue weighted by Crippen LogP contribution is -2.62. The Morgan fingerprint density at radius 2 is 1.14 bits per heavy atom. The molecule has 0 bridgehead atoms. The quantitative estimate of drug-likeness (QED) is 0.0791. The Morgan fingerprint density at radius 1 is 0.690 bits per heavy atom. The summed E-state index contributed by atoms with van der Waals surface area (Å²) in [6, 6.07) is 26.7. The first-order valence-electron chi connectivity index (χ1n) is 13.5. The van der Waals surface area contributed by atoms with Crippen LogP contribution in [-0.4, -0.2) is 42.6 Å². The molecule has 11 nitrogen and oxygen atoms in total. The molecule has 4 rings (SSSR count). The van der Waals surface area contributed by atoms with E-state index in [1.165, 1.54) is 0 Å². The van der Waals surface area contributed by atoms with Gasteiger partial charge in [-0.05, 0) is 29.5 Å². The van der Waals surface area contributed by atoms with Crippen molar-refractivity contribution in [2.45, 2.75) is 38.7 Å². The predicted octanol–water partition coefficient (Wildman–Crippen LogP) is 3.83. The maximum absolute atomic E-state index is 12.5. The number of benzene rings is 3. The molecule has 3 aromatic carbocycles. The number of hydrogen-bond acceptors (Lipinski definition) is 8. The Hall–Kier alpha value is -5.19. The van der Waals surface area contributed by atoms with Gasteiger partial charge in [-0.3, -0.25) is 20.4 Å². The van der Waals surface area contributed by atoms with Crippen molar-refractivity contribution in [1.29, 1.82) is 0 Å². The Kier molecular flexibility index (Phi) is 11.0. The smallest absolute Gasteiger partial charge is 0.414 e. The zero-order valence-corrected chi connectivity index (χ0v) is 22.9. The van der Waals surface area contributed by atoms with Crippen LogP contribution in [0.1, 0.15) is 29.5 Å². The largest absolute Gasteiger partial charge is 0.459 e. The minimum atomic E-state index is -0.819. The predicted molar refractivity (Wildman–Crippen MR) is 153 cm³/mol. The molecule has 1 fully saturated rings. The molecule has 0 spiro atoms. The van der Waals surface area contributed by atoms with Gasteiger partial charge < -0.3 is 19.5 Å². The standard InChI is InChI=1S/C31H32N4O7/c36-27-25(26(33-27)28(37)40-19-22-11-4-1-5-12-22)17-10-18-32-29(34-30(38)41-20-23-13-6-2-7-14-23)35-31(39)42-21-24-15-8-3-9-16-24/h1-9,11-16,25-26H,10,17-21H2,(H,33,36)(H2,32,34,35,38,39). The SMILES string of the molecule is O=C(NC(=NCCCC1C(=O)NC1C(=O)OCc1ccccc1)NC(=O)OCc1ccccc1)OCc1ccccc1. The highest BCUT2D eigenvalue weighted by Gasteiger charge is 2.44. The Labute approximate surface area is 243 Å². The highest BCUT2D eigenvalue weighted by atomic mass is 16.6. The molecule has 3 N–H and O–H groups in total. The molecule has 2 atom stereocenters. The second-order valence-corrected chi connectivity index (χ2v) is 9.43. The van der Waals surface area contributed by atoms with E-state index in [0.717, 1.165) is 16.7 Å². The zero-order valence-electron chi connectivity index (χ0n) is 22.9. The van der Waals surface area contributed by atoms with Crippen LogP contribution in [0, 0.1) is 5.92 Å². The molecule has 0 saturated carbocycles. The molecule has 2 unspecified atom stereocenters. The van der Waals surface area contributed by atoms with E-state index in [4.69, 9.17) is 14.2 Å². The number of β-lactam (4-membered cyclic amide) rings is 1. The van der Waals surface area contributed by atoms with Crippen LogP contribution in [-0.2, 0) is 43.6 Å². The maximum atomic E-state index is 12.5. The van der Waals surface area contributed by atoms with Crippen LogP contribution < -0.4 is 16.0 Å². The molecule has 0 radical (unpaired) electrons. The van der Waals surface area contributed by atoms with E-state index in [-0.39, 0.29) is 38.2 Å². The summed E-state index contributed by atoms with van der Waals surface area (Å²) in [7, 11) is 0. The van der Waals surface area contributed by atoms with Crippen LogP contribution in [0.2, 0.25) is 0 Å². The summed E-state index contributed by atoms with van der Waals surface area (Å²) >= 11 is 0. The van der Waals surface area contributed by atoms with Crippen molar-refractivity contribution in [3.63, 3.8) is 0 Å². The summed E-state index contributed by atoms with van der Waals surface area (Å²) in [6.45, 7) is 0.307. The Balaban J connectivity index is 1.28. The third-order valence-electron chi connectivity index (χ3n) is 6.32. The minimum Gasteiger partial charge on any atom is -0.459 e. The van der Waals surface area contributed by atoms with E-state index >= 15 is 0 Å². The van der Waals surface area contributed by atoms with Crippen molar-refractivity contribution in [2.24, 2.45) is 10.9 Å². The average Bonchev–Trinajstić information content (AvgIpc) is 3.01. The van der Waals surface area contributed by atoms with Crippen LogP contribution in [0.15, 0.2) is 96.0 Å². The summed E-state index contributed by atoms with van der Waals surface area (Å²) in [6.07, 6.45) is -0.892. The first kappa shape index (κ1) is 29.8. The van der Waals surface area contributed by atoms with Gasteiger partial charge in [-0.25, -0.2) is 14.4 Å². The summed E-state index contributed by atoms with van der Waals surface area (Å²) in [5.74, 6) is -1.47. The van der Waals surface area contributed by atoms with Crippen LogP contribution in [0.4, 0.5) is 9.59 Å². The third-order valence-corrected chi connectivity index (χ3v) is 6.32. The maximum Gasteiger partial charge on any atom is 0.414 e.